The number of benzene rings is 1. The predicted molar refractivity (Wildman–Crippen MR) is 70.6 cm³/mol. The van der Waals surface area contributed by atoms with Crippen molar-refractivity contribution in [1.82, 2.24) is 4.90 Å². The Bertz CT molecular complexity index is 292. The van der Waals surface area contributed by atoms with Crippen LogP contribution >= 0.6 is 0 Å². The van der Waals surface area contributed by atoms with Gasteiger partial charge >= 0.3 is 0 Å². The standard InChI is InChI=1S/C14H24N2/c1-12-4-6-14(7-5-12)9-11-16(3)13(2)8-10-15/h4-7,13H,8-11,15H2,1-3H3. The van der Waals surface area contributed by atoms with Gasteiger partial charge in [0.1, 0.15) is 0 Å². The minimum Gasteiger partial charge on any atom is -0.330 e. The Morgan fingerprint density at radius 1 is 1.25 bits per heavy atom. The van der Waals surface area contributed by atoms with Gasteiger partial charge in [0, 0.05) is 12.6 Å². The van der Waals surface area contributed by atoms with Gasteiger partial charge in [0.15, 0.2) is 0 Å². The molecule has 0 fully saturated rings. The van der Waals surface area contributed by atoms with Gasteiger partial charge in [-0.05, 0) is 45.8 Å². The third-order valence-electron chi connectivity index (χ3n) is 3.21. The van der Waals surface area contributed by atoms with E-state index >= 15 is 0 Å². The van der Waals surface area contributed by atoms with Crippen molar-refractivity contribution >= 4 is 0 Å². The Balaban J connectivity index is 2.36. The van der Waals surface area contributed by atoms with Gasteiger partial charge in [0.25, 0.3) is 0 Å². The van der Waals surface area contributed by atoms with Crippen LogP contribution in [0.25, 0.3) is 0 Å². The summed E-state index contributed by atoms with van der Waals surface area (Å²) in [5.41, 5.74) is 8.31. The zero-order valence-corrected chi connectivity index (χ0v) is 10.7. The van der Waals surface area contributed by atoms with E-state index in [0.717, 1.165) is 25.9 Å². The molecule has 0 bridgehead atoms. The summed E-state index contributed by atoms with van der Waals surface area (Å²) in [5, 5.41) is 0. The van der Waals surface area contributed by atoms with Crippen molar-refractivity contribution in [2.24, 2.45) is 5.73 Å². The molecule has 0 aromatic heterocycles. The molecular weight excluding hydrogens is 196 g/mol. The fraction of sp³-hybridized carbons (Fsp3) is 0.571. The first kappa shape index (κ1) is 13.2. The molecule has 0 saturated carbocycles. The van der Waals surface area contributed by atoms with Crippen molar-refractivity contribution in [3.05, 3.63) is 35.4 Å². The lowest BCUT2D eigenvalue weighted by Crippen LogP contribution is -2.32. The molecule has 1 aromatic rings. The summed E-state index contributed by atoms with van der Waals surface area (Å²) in [6, 6.07) is 9.38. The van der Waals surface area contributed by atoms with E-state index in [4.69, 9.17) is 5.73 Å². The maximum absolute atomic E-state index is 5.56. The first-order chi connectivity index (χ1) is 7.63. The van der Waals surface area contributed by atoms with Crippen LogP contribution in [0.2, 0.25) is 0 Å². The van der Waals surface area contributed by atoms with Crippen LogP contribution in [-0.2, 0) is 6.42 Å². The molecular formula is C14H24N2. The quantitative estimate of drug-likeness (QED) is 0.796. The number of nitrogens with zero attached hydrogens (tertiary/aromatic N) is 1. The van der Waals surface area contributed by atoms with Crippen molar-refractivity contribution in [2.75, 3.05) is 20.1 Å². The van der Waals surface area contributed by atoms with E-state index in [1.54, 1.807) is 0 Å². The van der Waals surface area contributed by atoms with E-state index < -0.39 is 0 Å². The van der Waals surface area contributed by atoms with Gasteiger partial charge in [-0.25, -0.2) is 0 Å². The molecule has 1 atom stereocenters. The van der Waals surface area contributed by atoms with Gasteiger partial charge in [-0.2, -0.15) is 0 Å². The first-order valence-corrected chi connectivity index (χ1v) is 6.09. The molecule has 1 aromatic carbocycles. The summed E-state index contributed by atoms with van der Waals surface area (Å²) < 4.78 is 0. The Hall–Kier alpha value is -0.860. The van der Waals surface area contributed by atoms with Crippen LogP contribution in [0.4, 0.5) is 0 Å². The van der Waals surface area contributed by atoms with Gasteiger partial charge in [-0.15, -0.1) is 0 Å². The lowest BCUT2D eigenvalue weighted by atomic mass is 10.1. The zero-order valence-electron chi connectivity index (χ0n) is 10.7. The van der Waals surface area contributed by atoms with E-state index in [2.05, 4.69) is 50.1 Å². The van der Waals surface area contributed by atoms with Crippen LogP contribution in [0.1, 0.15) is 24.5 Å². The minimum absolute atomic E-state index is 0.579. The van der Waals surface area contributed by atoms with Crippen molar-refractivity contribution in [3.63, 3.8) is 0 Å². The fourth-order valence-corrected chi connectivity index (χ4v) is 1.74. The molecule has 90 valence electrons. The Kier molecular flexibility index (Phi) is 5.50. The summed E-state index contributed by atoms with van der Waals surface area (Å²) >= 11 is 0. The molecule has 16 heavy (non-hydrogen) atoms. The number of rotatable bonds is 6. The van der Waals surface area contributed by atoms with E-state index in [-0.39, 0.29) is 0 Å². The van der Waals surface area contributed by atoms with Gasteiger partial charge in [-0.1, -0.05) is 29.8 Å². The molecule has 2 nitrogen and oxygen atoms in total. The Labute approximate surface area is 99.5 Å². The normalized spacial score (nSPS) is 13.1. The molecule has 1 unspecified atom stereocenters. The Morgan fingerprint density at radius 2 is 1.88 bits per heavy atom. The van der Waals surface area contributed by atoms with E-state index in [9.17, 15) is 0 Å². The number of hydrogen-bond donors (Lipinski definition) is 1. The van der Waals surface area contributed by atoms with E-state index in [1.165, 1.54) is 11.1 Å². The van der Waals surface area contributed by atoms with Gasteiger partial charge in [0.2, 0.25) is 0 Å². The van der Waals surface area contributed by atoms with Crippen LogP contribution in [-0.4, -0.2) is 31.1 Å². The number of nitrogens with two attached hydrogens (primary N) is 1. The number of aryl methyl sites for hydroxylation is 1. The summed E-state index contributed by atoms with van der Waals surface area (Å²) in [5.74, 6) is 0. The lowest BCUT2D eigenvalue weighted by Gasteiger charge is -2.24. The largest absolute Gasteiger partial charge is 0.330 e. The van der Waals surface area contributed by atoms with E-state index in [0.29, 0.717) is 6.04 Å². The molecule has 0 saturated heterocycles. The molecule has 2 heteroatoms. The molecule has 0 heterocycles. The Morgan fingerprint density at radius 3 is 2.44 bits per heavy atom. The van der Waals surface area contributed by atoms with Crippen molar-refractivity contribution < 1.29 is 0 Å². The van der Waals surface area contributed by atoms with Crippen molar-refractivity contribution in [1.29, 1.82) is 0 Å². The minimum atomic E-state index is 0.579. The summed E-state index contributed by atoms with van der Waals surface area (Å²) in [7, 11) is 2.18. The average Bonchev–Trinajstić information content (AvgIpc) is 2.28. The maximum atomic E-state index is 5.56. The summed E-state index contributed by atoms with van der Waals surface area (Å²) in [6.07, 6.45) is 2.19. The molecule has 2 N–H and O–H groups in total. The monoisotopic (exact) mass is 220 g/mol. The van der Waals surface area contributed by atoms with Gasteiger partial charge in [0.05, 0.1) is 0 Å². The smallest absolute Gasteiger partial charge is 0.00760 e. The summed E-state index contributed by atoms with van der Waals surface area (Å²) in [4.78, 5) is 2.38. The third-order valence-corrected chi connectivity index (χ3v) is 3.21. The number of likely N-dealkylation sites (N-methyl/N-ethyl adjacent to an activating group) is 1. The van der Waals surface area contributed by atoms with Crippen LogP contribution in [0, 0.1) is 6.92 Å². The molecule has 0 aliphatic carbocycles. The molecule has 0 amide bonds. The maximum Gasteiger partial charge on any atom is 0.00760 e. The molecule has 0 spiro atoms. The SMILES string of the molecule is Cc1ccc(CCN(C)C(C)CCN)cc1. The van der Waals surface area contributed by atoms with Gasteiger partial charge < -0.3 is 10.6 Å². The second-order valence-corrected chi connectivity index (χ2v) is 4.64. The summed E-state index contributed by atoms with van der Waals surface area (Å²) in [6.45, 7) is 6.24. The highest BCUT2D eigenvalue weighted by molar-refractivity contribution is 5.21. The highest BCUT2D eigenvalue weighted by Gasteiger charge is 2.07. The van der Waals surface area contributed by atoms with Crippen LogP contribution in [0.5, 0.6) is 0 Å². The highest BCUT2D eigenvalue weighted by Crippen LogP contribution is 2.06. The third kappa shape index (κ3) is 4.33. The molecule has 0 aliphatic heterocycles. The van der Waals surface area contributed by atoms with Crippen LogP contribution < -0.4 is 5.73 Å². The fourth-order valence-electron chi connectivity index (χ4n) is 1.74. The topological polar surface area (TPSA) is 29.3 Å². The average molecular weight is 220 g/mol. The van der Waals surface area contributed by atoms with E-state index in [1.807, 2.05) is 0 Å². The molecule has 0 aliphatic rings. The molecule has 1 rings (SSSR count). The molecule has 0 radical (unpaired) electrons. The van der Waals surface area contributed by atoms with Gasteiger partial charge in [-0.3, -0.25) is 0 Å². The van der Waals surface area contributed by atoms with Crippen molar-refractivity contribution in [2.45, 2.75) is 32.7 Å². The highest BCUT2D eigenvalue weighted by atomic mass is 15.1. The number of hydrogen-bond acceptors (Lipinski definition) is 2. The van der Waals surface area contributed by atoms with Crippen LogP contribution in [0.3, 0.4) is 0 Å². The first-order valence-electron chi connectivity index (χ1n) is 6.09. The lowest BCUT2D eigenvalue weighted by molar-refractivity contribution is 0.251. The van der Waals surface area contributed by atoms with Crippen molar-refractivity contribution in [3.8, 4) is 0 Å². The zero-order chi connectivity index (χ0) is 12.0. The van der Waals surface area contributed by atoms with Crippen LogP contribution in [0.15, 0.2) is 24.3 Å². The second kappa shape index (κ2) is 6.66. The predicted octanol–water partition coefficient (Wildman–Crippen LogP) is 2.21. The second-order valence-electron chi connectivity index (χ2n) is 4.64.